The molecule has 146 valence electrons. The maximum atomic E-state index is 9.79. The third-order valence-electron chi connectivity index (χ3n) is 2.12. The number of carboxylic acids is 2. The molecule has 0 aromatic heterocycles. The number of aliphatic carboxylic acids is 2. The second-order valence-corrected chi connectivity index (χ2v) is 6.19. The van der Waals surface area contributed by atoms with E-state index in [2.05, 4.69) is 13.8 Å². The Kier molecular flexibility index (Phi) is 30.4. The first-order chi connectivity index (χ1) is 11.1. The van der Waals surface area contributed by atoms with Gasteiger partial charge in [-0.3, -0.25) is 4.55 Å². The van der Waals surface area contributed by atoms with Crippen LogP contribution >= 0.6 is 0 Å². The molecule has 0 atom stereocenters. The average Bonchev–Trinajstić information content (AvgIpc) is 2.45. The first-order valence-electron chi connectivity index (χ1n) is 7.77. The van der Waals surface area contributed by atoms with Gasteiger partial charge in [0, 0.05) is 25.4 Å². The Morgan fingerprint density at radius 1 is 0.920 bits per heavy atom. The van der Waals surface area contributed by atoms with Crippen molar-refractivity contribution in [3.63, 3.8) is 0 Å². The average molecular weight is 394 g/mol. The third-order valence-corrected chi connectivity index (χ3v) is 3.04. The largest absolute Gasteiger partial charge is 1.00 e. The molecule has 0 heterocycles. The number of hydrogen-bond acceptors (Lipinski definition) is 5. The summed E-state index contributed by atoms with van der Waals surface area (Å²) in [7, 11) is -3.67. The standard InChI is InChI=1S/C8H18O.C4H4O4.C3H8O3S.Na.H/c1-3-5-7-9-8-6-4-2;5-3(6)1-2-4(7)8;1-2-3-7(4,5)6;;/h3-8H2,1-2H3;1-2H,(H,5,6)(H,7,8);2-3H2,1H3,(H,4,5,6);;/q;;;+1;-1/b;2-1-;;;. The number of rotatable bonds is 10. The third kappa shape index (κ3) is 51.7. The fraction of sp³-hybridized carbons (Fsp3) is 0.733. The molecule has 0 aliphatic heterocycles. The second kappa shape index (κ2) is 23.5. The van der Waals surface area contributed by atoms with Crippen LogP contribution in [0.3, 0.4) is 0 Å². The number of hydrogen-bond donors (Lipinski definition) is 3. The molecule has 0 saturated heterocycles. The van der Waals surface area contributed by atoms with Crippen molar-refractivity contribution in [3.8, 4) is 0 Å². The van der Waals surface area contributed by atoms with Gasteiger partial charge < -0.3 is 16.4 Å². The molecule has 10 heteroatoms. The molecule has 0 amide bonds. The molecule has 0 saturated carbocycles. The van der Waals surface area contributed by atoms with Gasteiger partial charge in [-0.05, 0) is 19.3 Å². The fourth-order valence-corrected chi connectivity index (χ4v) is 1.51. The fourth-order valence-electron chi connectivity index (χ4n) is 0.995. The smallest absolute Gasteiger partial charge is 1.00 e. The van der Waals surface area contributed by atoms with Gasteiger partial charge in [0.05, 0.1) is 5.75 Å². The molecule has 0 rings (SSSR count). The number of ether oxygens (including phenoxy) is 1. The summed E-state index contributed by atoms with van der Waals surface area (Å²) in [5, 5.41) is 15.6. The summed E-state index contributed by atoms with van der Waals surface area (Å²) in [6.07, 6.45) is 6.50. The van der Waals surface area contributed by atoms with Crippen LogP contribution < -0.4 is 29.6 Å². The first kappa shape index (κ1) is 32.2. The Morgan fingerprint density at radius 2 is 1.28 bits per heavy atom. The number of carbonyl (C=O) groups is 2. The maximum absolute atomic E-state index is 9.79. The van der Waals surface area contributed by atoms with E-state index < -0.39 is 22.1 Å². The summed E-state index contributed by atoms with van der Waals surface area (Å²) in [6, 6.07) is 0. The summed E-state index contributed by atoms with van der Waals surface area (Å²) in [6.45, 7) is 7.97. The van der Waals surface area contributed by atoms with E-state index >= 15 is 0 Å². The van der Waals surface area contributed by atoms with Gasteiger partial charge >= 0.3 is 41.5 Å². The molecular weight excluding hydrogens is 363 g/mol. The summed E-state index contributed by atoms with van der Waals surface area (Å²) in [4.78, 5) is 19.1. The van der Waals surface area contributed by atoms with Gasteiger partial charge in [0.25, 0.3) is 10.1 Å². The van der Waals surface area contributed by atoms with Crippen molar-refractivity contribution >= 4 is 22.1 Å². The summed E-state index contributed by atoms with van der Waals surface area (Å²) < 4.78 is 32.9. The quantitative estimate of drug-likeness (QED) is 0.199. The van der Waals surface area contributed by atoms with Crippen LogP contribution in [0.1, 0.15) is 54.3 Å². The van der Waals surface area contributed by atoms with Crippen molar-refractivity contribution in [1.29, 1.82) is 0 Å². The van der Waals surface area contributed by atoms with E-state index in [0.717, 1.165) is 13.2 Å². The molecule has 0 aliphatic rings. The van der Waals surface area contributed by atoms with E-state index in [9.17, 15) is 18.0 Å². The minimum absolute atomic E-state index is 0. The van der Waals surface area contributed by atoms with Crippen LogP contribution in [-0.2, 0) is 24.4 Å². The Labute approximate surface area is 174 Å². The van der Waals surface area contributed by atoms with E-state index in [1.54, 1.807) is 6.92 Å². The molecule has 0 aromatic rings. The van der Waals surface area contributed by atoms with E-state index in [4.69, 9.17) is 19.5 Å². The molecule has 8 nitrogen and oxygen atoms in total. The molecule has 0 unspecified atom stereocenters. The van der Waals surface area contributed by atoms with Crippen LogP contribution in [0.25, 0.3) is 0 Å². The maximum Gasteiger partial charge on any atom is 1.00 e. The van der Waals surface area contributed by atoms with Gasteiger partial charge in [0.15, 0.2) is 0 Å². The Bertz CT molecular complexity index is 419. The minimum Gasteiger partial charge on any atom is -1.00 e. The monoisotopic (exact) mass is 394 g/mol. The SMILES string of the molecule is CCCCOCCCC.CCCS(=O)(=O)O.O=C(O)/C=C\C(=O)O.[H-].[Na+]. The number of unbranched alkanes of at least 4 members (excludes halogenated alkanes) is 2. The van der Waals surface area contributed by atoms with Gasteiger partial charge in [0.2, 0.25) is 0 Å². The molecule has 0 aromatic carbocycles. The first-order valence-corrected chi connectivity index (χ1v) is 9.38. The van der Waals surface area contributed by atoms with Crippen molar-refractivity contribution < 1.29 is 68.5 Å². The molecule has 25 heavy (non-hydrogen) atoms. The zero-order valence-electron chi connectivity index (χ0n) is 16.6. The van der Waals surface area contributed by atoms with Crippen molar-refractivity contribution in [1.82, 2.24) is 0 Å². The predicted octanol–water partition coefficient (Wildman–Crippen LogP) is -0.284. The summed E-state index contributed by atoms with van der Waals surface area (Å²) in [5.41, 5.74) is 0. The topological polar surface area (TPSA) is 138 Å². The van der Waals surface area contributed by atoms with Gasteiger partial charge in [-0.15, -0.1) is 0 Å². The van der Waals surface area contributed by atoms with Crippen LogP contribution in [0.15, 0.2) is 12.2 Å². The zero-order valence-corrected chi connectivity index (χ0v) is 18.4. The summed E-state index contributed by atoms with van der Waals surface area (Å²) in [5.74, 6) is -2.65. The van der Waals surface area contributed by atoms with Crippen molar-refractivity contribution in [2.45, 2.75) is 52.9 Å². The molecular formula is C15H31NaO8S. The Balaban J connectivity index is -0.0000000823. The van der Waals surface area contributed by atoms with E-state index in [1.165, 1.54) is 25.7 Å². The number of carboxylic acid groups (broad SMARTS) is 2. The second-order valence-electron chi connectivity index (χ2n) is 4.62. The molecule has 0 aliphatic carbocycles. The molecule has 0 radical (unpaired) electrons. The van der Waals surface area contributed by atoms with Crippen molar-refractivity contribution in [2.24, 2.45) is 0 Å². The predicted molar refractivity (Wildman–Crippen MR) is 92.9 cm³/mol. The van der Waals surface area contributed by atoms with Crippen molar-refractivity contribution in [3.05, 3.63) is 12.2 Å². The normalized spacial score (nSPS) is 9.92. The van der Waals surface area contributed by atoms with Crippen LogP contribution in [0.4, 0.5) is 0 Å². The van der Waals surface area contributed by atoms with Gasteiger partial charge in [-0.2, -0.15) is 8.42 Å². The molecule has 0 fully saturated rings. The van der Waals surface area contributed by atoms with Gasteiger partial charge in [-0.1, -0.05) is 33.6 Å². The van der Waals surface area contributed by atoms with E-state index in [-0.39, 0.29) is 36.7 Å². The van der Waals surface area contributed by atoms with Crippen LogP contribution in [0, 0.1) is 0 Å². The minimum atomic E-state index is -3.67. The Morgan fingerprint density at radius 3 is 1.44 bits per heavy atom. The molecule has 0 spiro atoms. The van der Waals surface area contributed by atoms with Gasteiger partial charge in [0.1, 0.15) is 0 Å². The van der Waals surface area contributed by atoms with Crippen LogP contribution in [0.5, 0.6) is 0 Å². The van der Waals surface area contributed by atoms with E-state index in [1.807, 2.05) is 0 Å². The Hall–Kier alpha value is -0.450. The van der Waals surface area contributed by atoms with Gasteiger partial charge in [-0.25, -0.2) is 9.59 Å². The molecule has 3 N–H and O–H groups in total. The van der Waals surface area contributed by atoms with E-state index in [0.29, 0.717) is 18.6 Å². The zero-order chi connectivity index (χ0) is 19.4. The molecule has 0 bridgehead atoms. The summed E-state index contributed by atoms with van der Waals surface area (Å²) >= 11 is 0. The van der Waals surface area contributed by atoms with Crippen molar-refractivity contribution in [2.75, 3.05) is 19.0 Å². The van der Waals surface area contributed by atoms with Crippen LogP contribution in [0.2, 0.25) is 0 Å². The van der Waals surface area contributed by atoms with Crippen LogP contribution in [-0.4, -0.2) is 54.1 Å².